The average Bonchev–Trinajstić information content (AvgIpc) is 2.32. The highest BCUT2D eigenvalue weighted by Crippen LogP contribution is 2.17. The van der Waals surface area contributed by atoms with Crippen molar-refractivity contribution < 1.29 is 13.9 Å². The molecule has 0 saturated heterocycles. The summed E-state index contributed by atoms with van der Waals surface area (Å²) >= 11 is 0. The van der Waals surface area contributed by atoms with Crippen molar-refractivity contribution in [1.29, 1.82) is 0 Å². The van der Waals surface area contributed by atoms with Crippen LogP contribution in [0.2, 0.25) is 0 Å². The second-order valence-electron chi connectivity index (χ2n) is 4.98. The molecule has 0 rings (SSSR count). The molecule has 0 saturated carbocycles. The number of ether oxygens (including phenoxy) is 2. The van der Waals surface area contributed by atoms with Gasteiger partial charge in [-0.25, -0.2) is 0 Å². The fourth-order valence-corrected chi connectivity index (χ4v) is 1.92. The Labute approximate surface area is 109 Å². The first-order valence-electron chi connectivity index (χ1n) is 6.24. The summed E-state index contributed by atoms with van der Waals surface area (Å²) in [5.41, 5.74) is 0.00448. The largest absolute Gasteiger partial charge is 0.423 e. The van der Waals surface area contributed by atoms with Gasteiger partial charge in [0.15, 0.2) is 0 Å². The molecule has 104 valence electrons. The van der Waals surface area contributed by atoms with Crippen molar-refractivity contribution in [2.45, 2.75) is 58.6 Å². The van der Waals surface area contributed by atoms with Crippen LogP contribution in [0.3, 0.4) is 0 Å². The van der Waals surface area contributed by atoms with Crippen LogP contribution in [0.25, 0.3) is 0 Å². The third kappa shape index (κ3) is 6.52. The summed E-state index contributed by atoms with van der Waals surface area (Å²) in [5.74, 6) is 0. The van der Waals surface area contributed by atoms with E-state index in [1.807, 2.05) is 13.8 Å². The molecule has 0 aliphatic carbocycles. The van der Waals surface area contributed by atoms with Gasteiger partial charge >= 0.3 is 0 Å². The molecule has 0 fully saturated rings. The SMILES string of the molecule is COC(C)N(CCCC(C)(C)O[SiH3])C(C)OC. The summed E-state index contributed by atoms with van der Waals surface area (Å²) < 4.78 is 16.3. The molecule has 0 amide bonds. The van der Waals surface area contributed by atoms with Crippen molar-refractivity contribution in [3.8, 4) is 0 Å². The maximum absolute atomic E-state index is 5.55. The highest BCUT2D eigenvalue weighted by Gasteiger charge is 2.21. The molecule has 5 heteroatoms. The van der Waals surface area contributed by atoms with Gasteiger partial charge in [-0.1, -0.05) is 0 Å². The Hall–Kier alpha value is 0.0569. The van der Waals surface area contributed by atoms with E-state index in [0.717, 1.165) is 29.9 Å². The summed E-state index contributed by atoms with van der Waals surface area (Å²) in [6.45, 7) is 9.33. The van der Waals surface area contributed by atoms with Gasteiger partial charge in [0.25, 0.3) is 0 Å². The Morgan fingerprint density at radius 1 is 1.12 bits per heavy atom. The lowest BCUT2D eigenvalue weighted by Crippen LogP contribution is -2.43. The van der Waals surface area contributed by atoms with Crippen LogP contribution in [0.4, 0.5) is 0 Å². The van der Waals surface area contributed by atoms with Gasteiger partial charge < -0.3 is 13.9 Å². The number of nitrogens with zero attached hydrogens (tertiary/aromatic N) is 1. The van der Waals surface area contributed by atoms with Gasteiger partial charge in [-0.3, -0.25) is 4.90 Å². The number of rotatable bonds is 9. The molecule has 0 aromatic heterocycles. The maximum Gasteiger partial charge on any atom is 0.146 e. The van der Waals surface area contributed by atoms with E-state index in [-0.39, 0.29) is 18.1 Å². The lowest BCUT2D eigenvalue weighted by atomic mass is 10.0. The molecule has 2 atom stereocenters. The molecule has 0 N–H and O–H groups in total. The molecule has 4 nitrogen and oxygen atoms in total. The predicted molar refractivity (Wildman–Crippen MR) is 74.0 cm³/mol. The Kier molecular flexibility index (Phi) is 8.24. The normalized spacial score (nSPS) is 16.4. The van der Waals surface area contributed by atoms with Crippen molar-refractivity contribution in [2.24, 2.45) is 0 Å². The van der Waals surface area contributed by atoms with Crippen LogP contribution < -0.4 is 0 Å². The topological polar surface area (TPSA) is 30.9 Å². The highest BCUT2D eigenvalue weighted by molar-refractivity contribution is 5.98. The van der Waals surface area contributed by atoms with Crippen molar-refractivity contribution in [2.75, 3.05) is 20.8 Å². The molecule has 0 aliphatic rings. The second-order valence-corrected chi connectivity index (χ2v) is 5.38. The first-order valence-corrected chi connectivity index (χ1v) is 7.06. The van der Waals surface area contributed by atoms with Crippen LogP contribution in [0.5, 0.6) is 0 Å². The van der Waals surface area contributed by atoms with E-state index < -0.39 is 0 Å². The second kappa shape index (κ2) is 8.21. The van der Waals surface area contributed by atoms with Gasteiger partial charge in [0, 0.05) is 26.4 Å². The summed E-state index contributed by atoms with van der Waals surface area (Å²) in [6, 6.07) is 0. The molecule has 0 spiro atoms. The van der Waals surface area contributed by atoms with Crippen LogP contribution in [0.15, 0.2) is 0 Å². The van der Waals surface area contributed by atoms with Gasteiger partial charge in [-0.2, -0.15) is 0 Å². The Morgan fingerprint density at radius 3 is 1.94 bits per heavy atom. The van der Waals surface area contributed by atoms with Gasteiger partial charge in [-0.15, -0.1) is 0 Å². The molecule has 17 heavy (non-hydrogen) atoms. The standard InChI is InChI=1S/C12H29NO3Si/c1-10(14-5)13(11(2)15-6)9-7-8-12(3,4)16-17/h10-11H,7-9H2,1-6,17H3. The molecular weight excluding hydrogens is 234 g/mol. The Morgan fingerprint density at radius 2 is 1.59 bits per heavy atom. The van der Waals surface area contributed by atoms with E-state index in [1.54, 1.807) is 14.2 Å². The molecule has 0 aromatic rings. The number of hydrogen-bond acceptors (Lipinski definition) is 4. The quantitative estimate of drug-likeness (QED) is 0.461. The van der Waals surface area contributed by atoms with Crippen LogP contribution in [-0.4, -0.2) is 54.2 Å². The fraction of sp³-hybridized carbons (Fsp3) is 1.00. The Bertz CT molecular complexity index is 192. The first-order chi connectivity index (χ1) is 7.87. The van der Waals surface area contributed by atoms with E-state index >= 15 is 0 Å². The predicted octanol–water partition coefficient (Wildman–Crippen LogP) is 1.13. The van der Waals surface area contributed by atoms with Gasteiger partial charge in [0.1, 0.15) is 22.9 Å². The molecule has 0 radical (unpaired) electrons. The lowest BCUT2D eigenvalue weighted by molar-refractivity contribution is -0.118. The van der Waals surface area contributed by atoms with Crippen molar-refractivity contribution >= 4 is 10.5 Å². The van der Waals surface area contributed by atoms with E-state index in [0.29, 0.717) is 0 Å². The van der Waals surface area contributed by atoms with Crippen LogP contribution in [0, 0.1) is 0 Å². The van der Waals surface area contributed by atoms with Crippen LogP contribution in [-0.2, 0) is 13.9 Å². The zero-order chi connectivity index (χ0) is 13.5. The monoisotopic (exact) mass is 263 g/mol. The minimum atomic E-state index is 0.00448. The molecule has 2 unspecified atom stereocenters. The summed E-state index contributed by atoms with van der Waals surface area (Å²) in [5, 5.41) is 0. The van der Waals surface area contributed by atoms with E-state index in [1.165, 1.54) is 0 Å². The minimum Gasteiger partial charge on any atom is -0.423 e. The maximum atomic E-state index is 5.55. The summed E-state index contributed by atoms with van der Waals surface area (Å²) in [4.78, 5) is 2.21. The molecule has 0 aliphatic heterocycles. The van der Waals surface area contributed by atoms with Crippen LogP contribution in [0.1, 0.15) is 40.5 Å². The lowest BCUT2D eigenvalue weighted by Gasteiger charge is -2.33. The third-order valence-electron chi connectivity index (χ3n) is 3.36. The highest BCUT2D eigenvalue weighted by atomic mass is 28.2. The van der Waals surface area contributed by atoms with Crippen molar-refractivity contribution in [3.63, 3.8) is 0 Å². The first kappa shape index (κ1) is 17.1. The number of hydrogen-bond donors (Lipinski definition) is 0. The van der Waals surface area contributed by atoms with Gasteiger partial charge in [-0.05, 0) is 40.5 Å². The van der Waals surface area contributed by atoms with Gasteiger partial charge in [0.05, 0.1) is 0 Å². The zero-order valence-electron chi connectivity index (χ0n) is 12.4. The van der Waals surface area contributed by atoms with Crippen molar-refractivity contribution in [1.82, 2.24) is 4.90 Å². The molecule has 0 aromatic carbocycles. The molecule has 0 bridgehead atoms. The van der Waals surface area contributed by atoms with Gasteiger partial charge in [0.2, 0.25) is 0 Å². The Balaban J connectivity index is 4.18. The average molecular weight is 263 g/mol. The smallest absolute Gasteiger partial charge is 0.146 e. The summed E-state index contributed by atoms with van der Waals surface area (Å²) in [7, 11) is 4.25. The zero-order valence-corrected chi connectivity index (χ0v) is 14.4. The summed E-state index contributed by atoms with van der Waals surface area (Å²) in [6.07, 6.45) is 2.28. The minimum absolute atomic E-state index is 0.00448. The van der Waals surface area contributed by atoms with E-state index in [4.69, 9.17) is 13.9 Å². The van der Waals surface area contributed by atoms with Crippen molar-refractivity contribution in [3.05, 3.63) is 0 Å². The number of methoxy groups -OCH3 is 2. The fourth-order valence-electron chi connectivity index (χ4n) is 1.72. The molecular formula is C12H29NO3Si. The van der Waals surface area contributed by atoms with Crippen LogP contribution >= 0.6 is 0 Å². The third-order valence-corrected chi connectivity index (χ3v) is 4.47. The molecule has 0 heterocycles. The van der Waals surface area contributed by atoms with E-state index in [2.05, 4.69) is 18.7 Å². The van der Waals surface area contributed by atoms with E-state index in [9.17, 15) is 0 Å².